The lowest BCUT2D eigenvalue weighted by Crippen LogP contribution is -2.25. The minimum Gasteiger partial charge on any atom is -0.356 e. The number of aromatic amines is 1. The van der Waals surface area contributed by atoms with Crippen molar-refractivity contribution in [3.63, 3.8) is 0 Å². The summed E-state index contributed by atoms with van der Waals surface area (Å²) in [5, 5.41) is 21.1. The Labute approximate surface area is 173 Å². The number of hydrogen-bond acceptors (Lipinski definition) is 8. The Bertz CT molecular complexity index is 1230. The summed E-state index contributed by atoms with van der Waals surface area (Å²) >= 11 is 7.49. The standard InChI is InChI=1S/C18H16ClN7O2S/c1-25-17(10-6-16(27)21-20-8-10)22-23-18(25)26-4-2-3-13(26)12-7-14(28-24-12)11-5-15(19)29-9-11/h5-9,13H,2-4H2,1H3,(H,21,27)/t13-/m1/s1. The quantitative estimate of drug-likeness (QED) is 0.530. The van der Waals surface area contributed by atoms with E-state index < -0.39 is 0 Å². The summed E-state index contributed by atoms with van der Waals surface area (Å²) in [6.07, 6.45) is 3.50. The molecule has 5 heterocycles. The molecule has 1 fully saturated rings. The van der Waals surface area contributed by atoms with Crippen molar-refractivity contribution in [1.29, 1.82) is 0 Å². The number of anilines is 1. The molecule has 5 rings (SSSR count). The molecule has 1 atom stereocenters. The van der Waals surface area contributed by atoms with Crippen LogP contribution in [0.15, 0.2) is 39.1 Å². The van der Waals surface area contributed by atoms with Crippen molar-refractivity contribution in [3.05, 3.63) is 50.2 Å². The van der Waals surface area contributed by atoms with E-state index in [1.807, 2.05) is 29.1 Å². The first-order valence-corrected chi connectivity index (χ1v) is 10.3. The molecule has 0 saturated carbocycles. The number of thiophene rings is 1. The fourth-order valence-corrected chi connectivity index (χ4v) is 4.53. The summed E-state index contributed by atoms with van der Waals surface area (Å²) in [6.45, 7) is 0.830. The first kappa shape index (κ1) is 18.1. The average Bonchev–Trinajstić information content (AvgIpc) is 3.47. The maximum absolute atomic E-state index is 11.6. The van der Waals surface area contributed by atoms with Gasteiger partial charge < -0.3 is 9.42 Å². The molecule has 0 unspecified atom stereocenters. The lowest BCUT2D eigenvalue weighted by Gasteiger charge is -2.23. The van der Waals surface area contributed by atoms with Crippen LogP contribution in [0.2, 0.25) is 4.34 Å². The molecule has 4 aromatic rings. The Kier molecular flexibility index (Phi) is 4.44. The summed E-state index contributed by atoms with van der Waals surface area (Å²) in [6, 6.07) is 5.32. The van der Waals surface area contributed by atoms with E-state index in [1.54, 1.807) is 6.20 Å². The summed E-state index contributed by atoms with van der Waals surface area (Å²) in [7, 11) is 1.88. The van der Waals surface area contributed by atoms with Crippen LogP contribution in [0.5, 0.6) is 0 Å². The van der Waals surface area contributed by atoms with Crippen LogP contribution < -0.4 is 10.5 Å². The number of nitrogens with zero attached hydrogens (tertiary/aromatic N) is 6. The molecular weight excluding hydrogens is 414 g/mol. The first-order chi connectivity index (χ1) is 14.1. The third-order valence-electron chi connectivity index (χ3n) is 5.01. The highest BCUT2D eigenvalue weighted by Crippen LogP contribution is 2.37. The summed E-state index contributed by atoms with van der Waals surface area (Å²) in [4.78, 5) is 13.7. The second-order valence-corrected chi connectivity index (χ2v) is 8.37. The van der Waals surface area contributed by atoms with Crippen molar-refractivity contribution >= 4 is 28.9 Å². The Morgan fingerprint density at radius 2 is 2.17 bits per heavy atom. The van der Waals surface area contributed by atoms with Crippen LogP contribution in [-0.2, 0) is 7.05 Å². The third-order valence-corrected chi connectivity index (χ3v) is 6.10. The van der Waals surface area contributed by atoms with Crippen LogP contribution in [0.25, 0.3) is 22.7 Å². The molecule has 4 aromatic heterocycles. The van der Waals surface area contributed by atoms with Gasteiger partial charge in [0, 0.05) is 42.2 Å². The number of H-pyrrole nitrogens is 1. The van der Waals surface area contributed by atoms with Crippen molar-refractivity contribution in [3.8, 4) is 22.7 Å². The van der Waals surface area contributed by atoms with Gasteiger partial charge in [-0.2, -0.15) is 5.10 Å². The van der Waals surface area contributed by atoms with Gasteiger partial charge in [-0.05, 0) is 18.9 Å². The zero-order valence-electron chi connectivity index (χ0n) is 15.4. The lowest BCUT2D eigenvalue weighted by molar-refractivity contribution is 0.416. The second kappa shape index (κ2) is 7.12. The van der Waals surface area contributed by atoms with E-state index in [0.717, 1.165) is 30.6 Å². The van der Waals surface area contributed by atoms with Crippen molar-refractivity contribution < 1.29 is 4.52 Å². The average molecular weight is 430 g/mol. The smallest absolute Gasteiger partial charge is 0.264 e. The Morgan fingerprint density at radius 1 is 1.28 bits per heavy atom. The summed E-state index contributed by atoms with van der Waals surface area (Å²) in [5.74, 6) is 1.99. The first-order valence-electron chi connectivity index (χ1n) is 9.02. The van der Waals surface area contributed by atoms with Gasteiger partial charge in [0.25, 0.3) is 5.56 Å². The number of aromatic nitrogens is 6. The highest BCUT2D eigenvalue weighted by atomic mass is 35.5. The Balaban J connectivity index is 1.46. The van der Waals surface area contributed by atoms with E-state index in [0.29, 0.717) is 27.4 Å². The summed E-state index contributed by atoms with van der Waals surface area (Å²) in [5.41, 5.74) is 2.10. The van der Waals surface area contributed by atoms with E-state index in [2.05, 4.69) is 30.5 Å². The lowest BCUT2D eigenvalue weighted by atomic mass is 10.1. The van der Waals surface area contributed by atoms with Crippen molar-refractivity contribution in [2.75, 3.05) is 11.4 Å². The summed E-state index contributed by atoms with van der Waals surface area (Å²) < 4.78 is 8.14. The number of hydrogen-bond donors (Lipinski definition) is 1. The van der Waals surface area contributed by atoms with Gasteiger partial charge in [0.2, 0.25) is 5.95 Å². The van der Waals surface area contributed by atoms with Gasteiger partial charge >= 0.3 is 0 Å². The predicted molar refractivity (Wildman–Crippen MR) is 109 cm³/mol. The van der Waals surface area contributed by atoms with E-state index in [-0.39, 0.29) is 11.6 Å². The topological polar surface area (TPSA) is 106 Å². The normalized spacial score (nSPS) is 16.6. The van der Waals surface area contributed by atoms with Crippen LogP contribution in [0.4, 0.5) is 5.95 Å². The molecular formula is C18H16ClN7O2S. The molecule has 1 saturated heterocycles. The van der Waals surface area contributed by atoms with Gasteiger partial charge in [-0.25, -0.2) is 5.10 Å². The maximum Gasteiger partial charge on any atom is 0.264 e. The van der Waals surface area contributed by atoms with E-state index in [1.165, 1.54) is 17.4 Å². The molecule has 0 amide bonds. The molecule has 0 bridgehead atoms. The Hall–Kier alpha value is -2.98. The molecule has 148 valence electrons. The fourth-order valence-electron chi connectivity index (χ4n) is 3.66. The van der Waals surface area contributed by atoms with Crippen LogP contribution in [0, 0.1) is 0 Å². The van der Waals surface area contributed by atoms with E-state index in [4.69, 9.17) is 16.1 Å². The highest BCUT2D eigenvalue weighted by molar-refractivity contribution is 7.14. The van der Waals surface area contributed by atoms with Gasteiger partial charge in [0.15, 0.2) is 11.6 Å². The minimum atomic E-state index is -0.283. The minimum absolute atomic E-state index is 0.0367. The van der Waals surface area contributed by atoms with Gasteiger partial charge in [-0.1, -0.05) is 16.8 Å². The van der Waals surface area contributed by atoms with Crippen LogP contribution in [-0.4, -0.2) is 36.7 Å². The van der Waals surface area contributed by atoms with Crippen molar-refractivity contribution in [1.82, 2.24) is 30.1 Å². The van der Waals surface area contributed by atoms with Gasteiger partial charge in [0.05, 0.1) is 16.6 Å². The van der Waals surface area contributed by atoms with Crippen LogP contribution >= 0.6 is 22.9 Å². The molecule has 1 N–H and O–H groups in total. The molecule has 0 aromatic carbocycles. The van der Waals surface area contributed by atoms with Crippen LogP contribution in [0.3, 0.4) is 0 Å². The van der Waals surface area contributed by atoms with Crippen molar-refractivity contribution in [2.24, 2.45) is 7.05 Å². The Morgan fingerprint density at radius 3 is 2.97 bits per heavy atom. The molecule has 1 aliphatic rings. The van der Waals surface area contributed by atoms with E-state index in [9.17, 15) is 4.79 Å². The monoisotopic (exact) mass is 429 g/mol. The molecule has 0 aliphatic carbocycles. The van der Waals surface area contributed by atoms with E-state index >= 15 is 0 Å². The molecule has 11 heteroatoms. The second-order valence-electron chi connectivity index (χ2n) is 6.82. The van der Waals surface area contributed by atoms with Crippen molar-refractivity contribution in [2.45, 2.75) is 18.9 Å². The zero-order chi connectivity index (χ0) is 20.0. The van der Waals surface area contributed by atoms with Gasteiger partial charge in [0.1, 0.15) is 5.69 Å². The SMILES string of the molecule is Cn1c(-c2cn[nH]c(=O)c2)nnc1N1CCC[C@@H]1c1cc(-c2csc(Cl)c2)on1. The number of nitrogens with one attached hydrogen (secondary N) is 1. The molecule has 0 radical (unpaired) electrons. The zero-order valence-corrected chi connectivity index (χ0v) is 16.9. The third kappa shape index (κ3) is 3.23. The van der Waals surface area contributed by atoms with Gasteiger partial charge in [-0.15, -0.1) is 21.5 Å². The fraction of sp³-hybridized carbons (Fsp3) is 0.278. The molecule has 1 aliphatic heterocycles. The van der Waals surface area contributed by atoms with Gasteiger partial charge in [-0.3, -0.25) is 9.36 Å². The number of rotatable bonds is 4. The molecule has 29 heavy (non-hydrogen) atoms. The van der Waals surface area contributed by atoms with Crippen LogP contribution in [0.1, 0.15) is 24.6 Å². The maximum atomic E-state index is 11.6. The molecule has 9 nitrogen and oxygen atoms in total. The largest absolute Gasteiger partial charge is 0.356 e. The highest BCUT2D eigenvalue weighted by Gasteiger charge is 2.32. The predicted octanol–water partition coefficient (Wildman–Crippen LogP) is 3.28. The molecule has 0 spiro atoms. The number of halogens is 1.